The molecule has 0 aliphatic rings. The molecule has 0 fully saturated rings. The number of nitrogens with zero attached hydrogens (tertiary/aromatic N) is 3. The Labute approximate surface area is 130 Å². The summed E-state index contributed by atoms with van der Waals surface area (Å²) in [6.07, 6.45) is -0.229. The quantitative estimate of drug-likeness (QED) is 0.793. The maximum absolute atomic E-state index is 12.9. The molecule has 0 aliphatic heterocycles. The van der Waals surface area contributed by atoms with E-state index < -0.39 is 22.1 Å². The molecular formula is C14H12F2N4O2S. The molecule has 0 atom stereocenters. The number of hydrogen-bond donors (Lipinski definition) is 1. The summed E-state index contributed by atoms with van der Waals surface area (Å²) in [5.41, 5.74) is -0.607. The second-order valence-electron chi connectivity index (χ2n) is 4.84. The molecule has 0 radical (unpaired) electrons. The van der Waals surface area contributed by atoms with Crippen LogP contribution in [0.15, 0.2) is 47.6 Å². The minimum Gasteiger partial charge on any atom is -0.276 e. The Balaban J connectivity index is 2.09. The lowest BCUT2D eigenvalue weighted by Gasteiger charge is -2.09. The predicted octanol–water partition coefficient (Wildman–Crippen LogP) is 2.71. The number of aryl methyl sites for hydroxylation is 1. The second-order valence-corrected chi connectivity index (χ2v) is 6.49. The van der Waals surface area contributed by atoms with Gasteiger partial charge in [-0.05, 0) is 12.1 Å². The van der Waals surface area contributed by atoms with E-state index in [2.05, 4.69) is 14.8 Å². The summed E-state index contributed by atoms with van der Waals surface area (Å²) in [7, 11) is -2.65. The zero-order chi connectivity index (χ0) is 16.6. The van der Waals surface area contributed by atoms with E-state index in [0.717, 1.165) is 4.68 Å². The standard InChI is InChI=1S/C14H12F2N4O2S/c1-20-8-10(13(18-20)14(15)16)19-23(21,22)11-6-2-4-9-5-3-7-17-12(9)11/h2-8,14,19H,1H3. The van der Waals surface area contributed by atoms with E-state index >= 15 is 0 Å². The van der Waals surface area contributed by atoms with Crippen LogP contribution in [0.25, 0.3) is 10.9 Å². The Morgan fingerprint density at radius 3 is 2.70 bits per heavy atom. The van der Waals surface area contributed by atoms with Gasteiger partial charge in [-0.2, -0.15) is 5.10 Å². The van der Waals surface area contributed by atoms with Crippen molar-refractivity contribution in [2.45, 2.75) is 11.3 Å². The van der Waals surface area contributed by atoms with Gasteiger partial charge in [0.15, 0.2) is 5.69 Å². The van der Waals surface area contributed by atoms with Gasteiger partial charge in [0, 0.05) is 24.8 Å². The minimum absolute atomic E-state index is 0.0836. The first-order valence-corrected chi connectivity index (χ1v) is 8.05. The average Bonchev–Trinajstić information content (AvgIpc) is 2.86. The summed E-state index contributed by atoms with van der Waals surface area (Å²) in [6, 6.07) is 8.06. The summed E-state index contributed by atoms with van der Waals surface area (Å²) < 4.78 is 54.3. The fourth-order valence-electron chi connectivity index (χ4n) is 2.24. The van der Waals surface area contributed by atoms with Gasteiger partial charge in [-0.15, -0.1) is 0 Å². The van der Waals surface area contributed by atoms with E-state index in [1.54, 1.807) is 24.3 Å². The molecule has 6 nitrogen and oxygen atoms in total. The highest BCUT2D eigenvalue weighted by molar-refractivity contribution is 7.93. The van der Waals surface area contributed by atoms with E-state index in [0.29, 0.717) is 5.39 Å². The normalized spacial score (nSPS) is 12.0. The molecule has 3 aromatic rings. The molecule has 0 amide bonds. The second kappa shape index (κ2) is 5.58. The smallest absolute Gasteiger partial charge is 0.276 e. The maximum Gasteiger partial charge on any atom is 0.284 e. The number of anilines is 1. The predicted molar refractivity (Wildman–Crippen MR) is 80.7 cm³/mol. The summed E-state index contributed by atoms with van der Waals surface area (Å²) in [5.74, 6) is 0. The molecule has 1 aromatic carbocycles. The molecular weight excluding hydrogens is 326 g/mol. The van der Waals surface area contributed by atoms with E-state index in [1.807, 2.05) is 0 Å². The Hall–Kier alpha value is -2.55. The van der Waals surface area contributed by atoms with Gasteiger partial charge in [0.25, 0.3) is 16.4 Å². The van der Waals surface area contributed by atoms with Crippen molar-refractivity contribution < 1.29 is 17.2 Å². The molecule has 23 heavy (non-hydrogen) atoms. The Morgan fingerprint density at radius 2 is 1.96 bits per heavy atom. The zero-order valence-corrected chi connectivity index (χ0v) is 12.8. The first-order chi connectivity index (χ1) is 10.9. The highest BCUT2D eigenvalue weighted by Gasteiger charge is 2.24. The van der Waals surface area contributed by atoms with Crippen molar-refractivity contribution in [2.75, 3.05) is 4.72 Å². The number of nitrogens with one attached hydrogen (secondary N) is 1. The Kier molecular flexibility index (Phi) is 3.72. The molecule has 0 aliphatic carbocycles. The lowest BCUT2D eigenvalue weighted by Crippen LogP contribution is -2.14. The molecule has 2 heterocycles. The van der Waals surface area contributed by atoms with Crippen molar-refractivity contribution in [2.24, 2.45) is 7.05 Å². The number of fused-ring (bicyclic) bond motifs is 1. The number of hydrogen-bond acceptors (Lipinski definition) is 4. The first kappa shape index (κ1) is 15.3. The third-order valence-electron chi connectivity index (χ3n) is 3.19. The van der Waals surface area contributed by atoms with Crippen LogP contribution >= 0.6 is 0 Å². The molecule has 120 valence electrons. The molecule has 0 saturated heterocycles. The maximum atomic E-state index is 12.9. The molecule has 0 bridgehead atoms. The van der Waals surface area contributed by atoms with Crippen molar-refractivity contribution in [3.05, 3.63) is 48.4 Å². The van der Waals surface area contributed by atoms with Crippen LogP contribution < -0.4 is 4.72 Å². The molecule has 0 saturated carbocycles. The molecule has 0 spiro atoms. The van der Waals surface area contributed by atoms with Crippen molar-refractivity contribution in [3.63, 3.8) is 0 Å². The number of rotatable bonds is 4. The van der Waals surface area contributed by atoms with Gasteiger partial charge in [0.1, 0.15) is 4.90 Å². The van der Waals surface area contributed by atoms with Crippen LogP contribution in [0.4, 0.5) is 14.5 Å². The summed E-state index contributed by atoms with van der Waals surface area (Å²) in [4.78, 5) is 3.98. The fourth-order valence-corrected chi connectivity index (χ4v) is 3.48. The van der Waals surface area contributed by atoms with Crippen molar-refractivity contribution in [3.8, 4) is 0 Å². The summed E-state index contributed by atoms with van der Waals surface area (Å²) in [6.45, 7) is 0. The van der Waals surface area contributed by atoms with Crippen molar-refractivity contribution >= 4 is 26.6 Å². The van der Waals surface area contributed by atoms with Crippen molar-refractivity contribution in [1.29, 1.82) is 0 Å². The van der Waals surface area contributed by atoms with Crippen LogP contribution in [-0.2, 0) is 17.1 Å². The number of pyridine rings is 1. The Morgan fingerprint density at radius 1 is 1.22 bits per heavy atom. The molecule has 9 heteroatoms. The van der Waals surface area contributed by atoms with Crippen molar-refractivity contribution in [1.82, 2.24) is 14.8 Å². The van der Waals surface area contributed by atoms with Crippen LogP contribution in [0.3, 0.4) is 0 Å². The van der Waals surface area contributed by atoms with Gasteiger partial charge in [-0.3, -0.25) is 14.4 Å². The lowest BCUT2D eigenvalue weighted by molar-refractivity contribution is 0.146. The number of halogens is 2. The van der Waals surface area contributed by atoms with E-state index in [9.17, 15) is 17.2 Å². The zero-order valence-electron chi connectivity index (χ0n) is 11.9. The highest BCUT2D eigenvalue weighted by Crippen LogP contribution is 2.28. The average molecular weight is 338 g/mol. The number of para-hydroxylation sites is 1. The topological polar surface area (TPSA) is 76.9 Å². The number of aromatic nitrogens is 3. The molecule has 2 aromatic heterocycles. The third kappa shape index (κ3) is 2.87. The number of sulfonamides is 1. The SMILES string of the molecule is Cn1cc(NS(=O)(=O)c2cccc3cccnc23)c(C(F)F)n1. The van der Waals surface area contributed by atoms with Gasteiger partial charge in [-0.1, -0.05) is 18.2 Å². The fraction of sp³-hybridized carbons (Fsp3) is 0.143. The molecule has 3 rings (SSSR count). The van der Waals surface area contributed by atoms with Crippen LogP contribution in [0.2, 0.25) is 0 Å². The summed E-state index contributed by atoms with van der Waals surface area (Å²) in [5, 5.41) is 4.21. The van der Waals surface area contributed by atoms with Gasteiger partial charge in [0.2, 0.25) is 0 Å². The molecule has 0 unspecified atom stereocenters. The first-order valence-electron chi connectivity index (χ1n) is 6.57. The Bertz CT molecular complexity index is 965. The third-order valence-corrected chi connectivity index (χ3v) is 4.59. The van der Waals surface area contributed by atoms with Crippen LogP contribution in [0, 0.1) is 0 Å². The van der Waals surface area contributed by atoms with Gasteiger partial charge in [-0.25, -0.2) is 17.2 Å². The van der Waals surface area contributed by atoms with E-state index in [-0.39, 0.29) is 16.1 Å². The molecule has 1 N–H and O–H groups in total. The highest BCUT2D eigenvalue weighted by atomic mass is 32.2. The van der Waals surface area contributed by atoms with Crippen LogP contribution in [-0.4, -0.2) is 23.2 Å². The monoisotopic (exact) mass is 338 g/mol. The number of benzene rings is 1. The largest absolute Gasteiger partial charge is 0.284 e. The summed E-state index contributed by atoms with van der Waals surface area (Å²) >= 11 is 0. The number of alkyl halides is 2. The van der Waals surface area contributed by atoms with Crippen LogP contribution in [0.1, 0.15) is 12.1 Å². The van der Waals surface area contributed by atoms with Gasteiger partial charge < -0.3 is 0 Å². The minimum atomic E-state index is -4.08. The lowest BCUT2D eigenvalue weighted by atomic mass is 10.2. The van der Waals surface area contributed by atoms with E-state index in [4.69, 9.17) is 0 Å². The van der Waals surface area contributed by atoms with E-state index in [1.165, 1.54) is 25.5 Å². The van der Waals surface area contributed by atoms with Crippen LogP contribution in [0.5, 0.6) is 0 Å². The van der Waals surface area contributed by atoms with Gasteiger partial charge in [0.05, 0.1) is 11.2 Å². The van der Waals surface area contributed by atoms with Gasteiger partial charge >= 0.3 is 0 Å².